The number of unbranched alkanes of at least 4 members (excludes halogenated alkanes) is 1. The lowest BCUT2D eigenvalue weighted by atomic mass is 10.3. The van der Waals surface area contributed by atoms with Gasteiger partial charge in [0.1, 0.15) is 6.20 Å². The van der Waals surface area contributed by atoms with E-state index in [0.717, 1.165) is 16.7 Å². The van der Waals surface area contributed by atoms with Crippen LogP contribution < -0.4 is 0 Å². The average Bonchev–Trinajstić information content (AvgIpc) is 2.28. The van der Waals surface area contributed by atoms with E-state index >= 15 is 0 Å². The predicted molar refractivity (Wildman–Crippen MR) is 48.4 cm³/mol. The number of halogens is 1. The van der Waals surface area contributed by atoms with E-state index in [-0.39, 0.29) is 0 Å². The van der Waals surface area contributed by atoms with Crippen molar-refractivity contribution in [2.45, 2.75) is 33.2 Å². The Hall–Kier alpha value is -0.310. The van der Waals surface area contributed by atoms with E-state index in [2.05, 4.69) is 34.1 Å². The Morgan fingerprint density at radius 3 is 2.82 bits per heavy atom. The zero-order chi connectivity index (χ0) is 8.27. The summed E-state index contributed by atoms with van der Waals surface area (Å²) in [5.74, 6) is 0. The van der Waals surface area contributed by atoms with E-state index in [9.17, 15) is 0 Å². The molecular formula is C8H12BrN2. The molecule has 1 aromatic heterocycles. The van der Waals surface area contributed by atoms with Crippen LogP contribution in [-0.2, 0) is 6.54 Å². The molecule has 0 fully saturated rings. The van der Waals surface area contributed by atoms with Crippen LogP contribution in [0.15, 0.2) is 4.47 Å². The molecule has 1 heterocycles. The third-order valence-corrected chi connectivity index (χ3v) is 2.29. The van der Waals surface area contributed by atoms with E-state index in [4.69, 9.17) is 0 Å². The molecule has 1 rings (SSSR count). The molecule has 0 bridgehead atoms. The molecule has 0 aliphatic rings. The quantitative estimate of drug-likeness (QED) is 0.759. The van der Waals surface area contributed by atoms with Crippen molar-refractivity contribution in [2.75, 3.05) is 0 Å². The van der Waals surface area contributed by atoms with Crippen molar-refractivity contribution in [1.29, 1.82) is 0 Å². The van der Waals surface area contributed by atoms with Gasteiger partial charge in [-0.2, -0.15) is 5.10 Å². The lowest BCUT2D eigenvalue weighted by Gasteiger charge is -1.95. The summed E-state index contributed by atoms with van der Waals surface area (Å²) in [5.41, 5.74) is 1.01. The molecule has 0 atom stereocenters. The third kappa shape index (κ3) is 2.33. The van der Waals surface area contributed by atoms with Crippen molar-refractivity contribution in [2.24, 2.45) is 0 Å². The van der Waals surface area contributed by atoms with Crippen molar-refractivity contribution in [1.82, 2.24) is 9.78 Å². The SMILES string of the molecule is CCCCn1[c]c(Br)c(C)n1. The Morgan fingerprint density at radius 2 is 2.36 bits per heavy atom. The second-order valence-corrected chi connectivity index (χ2v) is 3.38. The number of hydrogen-bond acceptors (Lipinski definition) is 1. The van der Waals surface area contributed by atoms with Gasteiger partial charge in [0.15, 0.2) is 0 Å². The molecule has 1 radical (unpaired) electrons. The van der Waals surface area contributed by atoms with Gasteiger partial charge in [-0.1, -0.05) is 13.3 Å². The maximum atomic E-state index is 4.26. The molecule has 11 heavy (non-hydrogen) atoms. The molecule has 0 aliphatic carbocycles. The molecule has 0 amide bonds. The van der Waals surface area contributed by atoms with Gasteiger partial charge in [0.05, 0.1) is 10.2 Å². The number of aryl methyl sites for hydroxylation is 2. The predicted octanol–water partition coefficient (Wildman–Crippen LogP) is 2.55. The van der Waals surface area contributed by atoms with Crippen LogP contribution in [0.5, 0.6) is 0 Å². The Morgan fingerprint density at radius 1 is 1.64 bits per heavy atom. The second-order valence-electron chi connectivity index (χ2n) is 2.59. The molecule has 0 unspecified atom stereocenters. The first-order chi connectivity index (χ1) is 5.24. The topological polar surface area (TPSA) is 17.8 Å². The van der Waals surface area contributed by atoms with Crippen LogP contribution in [0, 0.1) is 13.1 Å². The minimum absolute atomic E-state index is 0.975. The summed E-state index contributed by atoms with van der Waals surface area (Å²) < 4.78 is 2.84. The standard InChI is InChI=1S/C8H12BrN2/c1-3-4-5-11-6-8(9)7(2)10-11/h3-5H2,1-2H3. The van der Waals surface area contributed by atoms with Crippen LogP contribution in [0.25, 0.3) is 0 Å². The van der Waals surface area contributed by atoms with Crippen LogP contribution in [0.1, 0.15) is 25.5 Å². The number of nitrogens with zero attached hydrogens (tertiary/aromatic N) is 2. The summed E-state index contributed by atoms with van der Waals surface area (Å²) in [6, 6.07) is 0. The number of rotatable bonds is 3. The Kier molecular flexibility index (Phi) is 3.12. The fraction of sp³-hybridized carbons (Fsp3) is 0.625. The van der Waals surface area contributed by atoms with Gasteiger partial charge in [-0.3, -0.25) is 4.68 Å². The minimum Gasteiger partial charge on any atom is -0.262 e. The minimum atomic E-state index is 0.975. The second kappa shape index (κ2) is 3.90. The number of hydrogen-bond donors (Lipinski definition) is 0. The largest absolute Gasteiger partial charge is 0.262 e. The molecule has 0 saturated carbocycles. The Bertz CT molecular complexity index is 210. The zero-order valence-corrected chi connectivity index (χ0v) is 8.48. The van der Waals surface area contributed by atoms with Gasteiger partial charge in [-0.05, 0) is 29.3 Å². The first kappa shape index (κ1) is 8.78. The molecule has 61 valence electrons. The lowest BCUT2D eigenvalue weighted by molar-refractivity contribution is 0.565. The first-order valence-corrected chi connectivity index (χ1v) is 4.65. The van der Waals surface area contributed by atoms with Crippen LogP contribution in [-0.4, -0.2) is 9.78 Å². The molecule has 1 aromatic rings. The summed E-state index contributed by atoms with van der Waals surface area (Å²) in [4.78, 5) is 0. The van der Waals surface area contributed by atoms with Crippen LogP contribution in [0.2, 0.25) is 0 Å². The summed E-state index contributed by atoms with van der Waals surface area (Å²) in [6.45, 7) is 5.12. The molecule has 3 heteroatoms. The van der Waals surface area contributed by atoms with Gasteiger partial charge in [-0.15, -0.1) is 0 Å². The van der Waals surface area contributed by atoms with Crippen molar-refractivity contribution >= 4 is 15.9 Å². The molecule has 0 aliphatic heterocycles. The molecule has 0 aromatic carbocycles. The van der Waals surface area contributed by atoms with Gasteiger partial charge >= 0.3 is 0 Å². The first-order valence-electron chi connectivity index (χ1n) is 3.86. The van der Waals surface area contributed by atoms with Crippen molar-refractivity contribution < 1.29 is 0 Å². The average molecular weight is 216 g/mol. The normalized spacial score (nSPS) is 10.5. The number of aromatic nitrogens is 2. The van der Waals surface area contributed by atoms with Crippen molar-refractivity contribution in [3.63, 3.8) is 0 Å². The van der Waals surface area contributed by atoms with Crippen LogP contribution in [0.4, 0.5) is 0 Å². The van der Waals surface area contributed by atoms with Gasteiger partial charge in [0, 0.05) is 6.54 Å². The molecule has 0 N–H and O–H groups in total. The maximum Gasteiger partial charge on any atom is 0.102 e. The molecule has 0 spiro atoms. The maximum absolute atomic E-state index is 4.26. The highest BCUT2D eigenvalue weighted by atomic mass is 79.9. The zero-order valence-electron chi connectivity index (χ0n) is 6.89. The molecular weight excluding hydrogens is 204 g/mol. The fourth-order valence-electron chi connectivity index (χ4n) is 0.858. The summed E-state index contributed by atoms with van der Waals surface area (Å²) in [5, 5.41) is 4.26. The van der Waals surface area contributed by atoms with Crippen molar-refractivity contribution in [3.05, 3.63) is 16.4 Å². The highest BCUT2D eigenvalue weighted by molar-refractivity contribution is 9.10. The highest BCUT2D eigenvalue weighted by Gasteiger charge is 2.00. The van der Waals surface area contributed by atoms with E-state index in [1.807, 2.05) is 11.6 Å². The smallest absolute Gasteiger partial charge is 0.102 e. The lowest BCUT2D eigenvalue weighted by Crippen LogP contribution is -1.98. The van der Waals surface area contributed by atoms with Gasteiger partial charge < -0.3 is 0 Å². The van der Waals surface area contributed by atoms with Gasteiger partial charge in [-0.25, -0.2) is 0 Å². The van der Waals surface area contributed by atoms with Gasteiger partial charge in [0.25, 0.3) is 0 Å². The van der Waals surface area contributed by atoms with Crippen LogP contribution >= 0.6 is 15.9 Å². The Balaban J connectivity index is 2.58. The monoisotopic (exact) mass is 215 g/mol. The van der Waals surface area contributed by atoms with E-state index in [0.29, 0.717) is 0 Å². The summed E-state index contributed by atoms with van der Waals surface area (Å²) in [7, 11) is 0. The van der Waals surface area contributed by atoms with Crippen LogP contribution in [0.3, 0.4) is 0 Å². The van der Waals surface area contributed by atoms with E-state index < -0.39 is 0 Å². The molecule has 0 saturated heterocycles. The van der Waals surface area contributed by atoms with Gasteiger partial charge in [0.2, 0.25) is 0 Å². The Labute approximate surface area is 75.7 Å². The summed E-state index contributed by atoms with van der Waals surface area (Å²) in [6.07, 6.45) is 5.47. The van der Waals surface area contributed by atoms with E-state index in [1.54, 1.807) is 0 Å². The third-order valence-electron chi connectivity index (χ3n) is 1.54. The molecule has 2 nitrogen and oxygen atoms in total. The highest BCUT2D eigenvalue weighted by Crippen LogP contribution is 2.12. The van der Waals surface area contributed by atoms with E-state index in [1.165, 1.54) is 12.8 Å². The van der Waals surface area contributed by atoms with Crippen molar-refractivity contribution in [3.8, 4) is 0 Å². The fourth-order valence-corrected chi connectivity index (χ4v) is 1.14. The summed E-state index contributed by atoms with van der Waals surface area (Å²) >= 11 is 3.37.